The van der Waals surface area contributed by atoms with E-state index in [1.807, 2.05) is 24.5 Å². The number of aromatic nitrogens is 5. The van der Waals surface area contributed by atoms with Crippen molar-refractivity contribution in [3.63, 3.8) is 0 Å². The van der Waals surface area contributed by atoms with E-state index in [4.69, 9.17) is 15.0 Å². The molecule has 0 unspecified atom stereocenters. The van der Waals surface area contributed by atoms with Crippen LogP contribution in [0.1, 0.15) is 0 Å². The van der Waals surface area contributed by atoms with Crippen molar-refractivity contribution >= 4 is 65.3 Å². The summed E-state index contributed by atoms with van der Waals surface area (Å²) in [5.41, 5.74) is 13.0. The molecule has 0 aliphatic carbocycles. The zero-order chi connectivity index (χ0) is 35.6. The Hall–Kier alpha value is -7.37. The van der Waals surface area contributed by atoms with Crippen LogP contribution in [0.4, 0.5) is 0 Å². The molecule has 54 heavy (non-hydrogen) atoms. The van der Waals surface area contributed by atoms with Crippen LogP contribution in [0.25, 0.3) is 110 Å². The minimum atomic E-state index is 0.915. The van der Waals surface area contributed by atoms with E-state index in [-0.39, 0.29) is 0 Å². The third-order valence-corrected chi connectivity index (χ3v) is 10.5. The summed E-state index contributed by atoms with van der Waals surface area (Å²) in [4.78, 5) is 24.7. The standard InChI is InChI=1S/C49H29N5/c1-2-10-38-37(9-1)39(19-20-40(38)45-23-14-32-13-12-31-8-5-27-51-48(31)49(32)54-45)44-24-17-35-28-33(15-21-42(35)52-44)34-16-22-43-36(29-34)18-25-46(53-43)41-11-3-6-30-7-4-26-50-47(30)41/h1-29H. The quantitative estimate of drug-likeness (QED) is 0.172. The lowest BCUT2D eigenvalue weighted by Gasteiger charge is -2.13. The molecule has 250 valence electrons. The van der Waals surface area contributed by atoms with Crippen LogP contribution < -0.4 is 0 Å². The van der Waals surface area contributed by atoms with E-state index in [1.165, 1.54) is 0 Å². The smallest absolute Gasteiger partial charge is 0.0972 e. The van der Waals surface area contributed by atoms with Crippen LogP contribution in [0.5, 0.6) is 0 Å². The van der Waals surface area contributed by atoms with Gasteiger partial charge in [-0.2, -0.15) is 0 Å². The van der Waals surface area contributed by atoms with E-state index in [9.17, 15) is 0 Å². The average Bonchev–Trinajstić information content (AvgIpc) is 3.25. The SMILES string of the molecule is c1cnc2c(-c3ccc4cc(-c5ccc6nc(-c7ccc(-c8ccc9ccc%10cccnc%10c9n8)c8ccccc78)ccc6c5)ccc4n3)cccc2c1. The fourth-order valence-corrected chi connectivity index (χ4v) is 7.84. The molecule has 0 aliphatic heterocycles. The van der Waals surface area contributed by atoms with Crippen LogP contribution in [-0.4, -0.2) is 24.9 Å². The molecule has 0 saturated heterocycles. The highest BCUT2D eigenvalue weighted by molar-refractivity contribution is 6.07. The van der Waals surface area contributed by atoms with E-state index in [1.54, 1.807) is 0 Å². The summed E-state index contributed by atoms with van der Waals surface area (Å²) < 4.78 is 0. The number of hydrogen-bond donors (Lipinski definition) is 0. The number of hydrogen-bond acceptors (Lipinski definition) is 5. The summed E-state index contributed by atoms with van der Waals surface area (Å²) >= 11 is 0. The first kappa shape index (κ1) is 30.3. The third-order valence-electron chi connectivity index (χ3n) is 10.5. The second kappa shape index (κ2) is 12.1. The molecule has 0 amide bonds. The van der Waals surface area contributed by atoms with E-state index in [2.05, 4.69) is 162 Å². The molecule has 11 aromatic rings. The number of benzene rings is 6. The lowest BCUT2D eigenvalue weighted by Crippen LogP contribution is -1.92. The molecule has 5 heterocycles. The van der Waals surface area contributed by atoms with Gasteiger partial charge in [0.25, 0.3) is 0 Å². The maximum atomic E-state index is 5.18. The van der Waals surface area contributed by atoms with Gasteiger partial charge in [-0.05, 0) is 76.5 Å². The molecule has 0 spiro atoms. The molecule has 6 aromatic carbocycles. The van der Waals surface area contributed by atoms with Crippen LogP contribution in [0.2, 0.25) is 0 Å². The van der Waals surface area contributed by atoms with Crippen molar-refractivity contribution in [3.05, 3.63) is 176 Å². The van der Waals surface area contributed by atoms with Crippen LogP contribution in [-0.2, 0) is 0 Å². The highest BCUT2D eigenvalue weighted by Crippen LogP contribution is 2.37. The first-order valence-corrected chi connectivity index (χ1v) is 18.1. The van der Waals surface area contributed by atoms with Crippen molar-refractivity contribution in [3.8, 4) is 44.9 Å². The van der Waals surface area contributed by atoms with Crippen LogP contribution >= 0.6 is 0 Å². The second-order valence-electron chi connectivity index (χ2n) is 13.7. The molecule has 0 N–H and O–H groups in total. The van der Waals surface area contributed by atoms with Gasteiger partial charge in [0, 0.05) is 56.0 Å². The molecule has 0 aliphatic rings. The highest BCUT2D eigenvalue weighted by atomic mass is 14.8. The first-order valence-electron chi connectivity index (χ1n) is 18.1. The Kier molecular flexibility index (Phi) is 6.79. The molecule has 5 heteroatoms. The molecule has 0 fully saturated rings. The molecule has 0 radical (unpaired) electrons. The van der Waals surface area contributed by atoms with E-state index < -0.39 is 0 Å². The number of rotatable bonds is 4. The van der Waals surface area contributed by atoms with Gasteiger partial charge in [-0.1, -0.05) is 109 Å². The van der Waals surface area contributed by atoms with Gasteiger partial charge in [0.2, 0.25) is 0 Å². The van der Waals surface area contributed by atoms with E-state index in [0.29, 0.717) is 0 Å². The van der Waals surface area contributed by atoms with E-state index in [0.717, 1.165) is 110 Å². The second-order valence-corrected chi connectivity index (χ2v) is 13.7. The zero-order valence-corrected chi connectivity index (χ0v) is 29.0. The summed E-state index contributed by atoms with van der Waals surface area (Å²) in [5.74, 6) is 0. The largest absolute Gasteiger partial charge is 0.256 e. The highest BCUT2D eigenvalue weighted by Gasteiger charge is 2.14. The first-order chi connectivity index (χ1) is 26.7. The van der Waals surface area contributed by atoms with Gasteiger partial charge >= 0.3 is 0 Å². The molecular weight excluding hydrogens is 659 g/mol. The van der Waals surface area contributed by atoms with Crippen LogP contribution in [0.3, 0.4) is 0 Å². The number of pyridine rings is 5. The van der Waals surface area contributed by atoms with Crippen molar-refractivity contribution in [2.24, 2.45) is 0 Å². The molecule has 0 atom stereocenters. The average molecular weight is 688 g/mol. The monoisotopic (exact) mass is 687 g/mol. The van der Waals surface area contributed by atoms with Crippen molar-refractivity contribution in [1.29, 1.82) is 0 Å². The van der Waals surface area contributed by atoms with Crippen molar-refractivity contribution in [2.75, 3.05) is 0 Å². The zero-order valence-electron chi connectivity index (χ0n) is 29.0. The van der Waals surface area contributed by atoms with Crippen LogP contribution in [0.15, 0.2) is 176 Å². The van der Waals surface area contributed by atoms with Gasteiger partial charge in [0.05, 0.1) is 44.7 Å². The number of para-hydroxylation sites is 1. The lowest BCUT2D eigenvalue weighted by molar-refractivity contribution is 1.37. The normalized spacial score (nSPS) is 11.7. The summed E-state index contributed by atoms with van der Waals surface area (Å²) in [6.07, 6.45) is 3.67. The van der Waals surface area contributed by atoms with Gasteiger partial charge in [-0.3, -0.25) is 9.97 Å². The Morgan fingerprint density at radius 2 is 0.796 bits per heavy atom. The van der Waals surface area contributed by atoms with Gasteiger partial charge in [-0.25, -0.2) is 15.0 Å². The molecule has 5 nitrogen and oxygen atoms in total. The summed E-state index contributed by atoms with van der Waals surface area (Å²) in [6.45, 7) is 0. The summed E-state index contributed by atoms with van der Waals surface area (Å²) in [5, 5.41) is 7.74. The lowest BCUT2D eigenvalue weighted by atomic mass is 9.95. The molecule has 11 rings (SSSR count). The van der Waals surface area contributed by atoms with E-state index >= 15 is 0 Å². The van der Waals surface area contributed by atoms with Crippen molar-refractivity contribution in [1.82, 2.24) is 24.9 Å². The van der Waals surface area contributed by atoms with Gasteiger partial charge in [-0.15, -0.1) is 0 Å². The predicted octanol–water partition coefficient (Wildman–Crippen LogP) is 12.2. The predicted molar refractivity (Wildman–Crippen MR) is 222 cm³/mol. The Labute approximate surface area is 310 Å². The fourth-order valence-electron chi connectivity index (χ4n) is 7.84. The Bertz CT molecular complexity index is 3290. The maximum Gasteiger partial charge on any atom is 0.0972 e. The van der Waals surface area contributed by atoms with Crippen LogP contribution in [0, 0.1) is 0 Å². The summed E-state index contributed by atoms with van der Waals surface area (Å²) in [6, 6.07) is 57.3. The topological polar surface area (TPSA) is 64.5 Å². The minimum Gasteiger partial charge on any atom is -0.256 e. The molecule has 0 bridgehead atoms. The third kappa shape index (κ3) is 4.98. The Balaban J connectivity index is 0.934. The molecule has 0 saturated carbocycles. The fraction of sp³-hybridized carbons (Fsp3) is 0. The van der Waals surface area contributed by atoms with Crippen molar-refractivity contribution in [2.45, 2.75) is 0 Å². The molecule has 5 aromatic heterocycles. The van der Waals surface area contributed by atoms with Gasteiger partial charge in [0.1, 0.15) is 0 Å². The Morgan fingerprint density at radius 3 is 1.44 bits per heavy atom. The van der Waals surface area contributed by atoms with Gasteiger partial charge < -0.3 is 0 Å². The van der Waals surface area contributed by atoms with Crippen molar-refractivity contribution < 1.29 is 0 Å². The molecular formula is C49H29N5. The summed E-state index contributed by atoms with van der Waals surface area (Å²) in [7, 11) is 0. The number of nitrogens with zero attached hydrogens (tertiary/aromatic N) is 5. The number of fused-ring (bicyclic) bond motifs is 7. The van der Waals surface area contributed by atoms with Gasteiger partial charge in [0.15, 0.2) is 0 Å². The Morgan fingerprint density at radius 1 is 0.296 bits per heavy atom. The maximum absolute atomic E-state index is 5.18. The minimum absolute atomic E-state index is 0.915.